The van der Waals surface area contributed by atoms with Gasteiger partial charge in [0.2, 0.25) is 0 Å². The van der Waals surface area contributed by atoms with E-state index in [4.69, 9.17) is 12.2 Å². The summed E-state index contributed by atoms with van der Waals surface area (Å²) in [5.41, 5.74) is 0.404. The number of pyridine rings is 1. The van der Waals surface area contributed by atoms with Crippen LogP contribution in [0.2, 0.25) is 0 Å². The number of H-pyrrole nitrogens is 1. The van der Waals surface area contributed by atoms with Crippen molar-refractivity contribution in [2.24, 2.45) is 0 Å². The highest BCUT2D eigenvalue weighted by Gasteiger charge is 2.14. The fraction of sp³-hybridized carbons (Fsp3) is 0.125. The fourth-order valence-electron chi connectivity index (χ4n) is 2.15. The number of aliphatic hydroxyl groups excluding tert-OH is 1. The van der Waals surface area contributed by atoms with Gasteiger partial charge in [-0.2, -0.15) is 0 Å². The van der Waals surface area contributed by atoms with Crippen molar-refractivity contribution in [3.8, 4) is 0 Å². The Morgan fingerprint density at radius 2 is 2.14 bits per heavy atom. The summed E-state index contributed by atoms with van der Waals surface area (Å²) >= 11 is 6.60. The van der Waals surface area contributed by atoms with Crippen molar-refractivity contribution in [1.29, 1.82) is 0 Å². The molecule has 0 spiro atoms. The standard InChI is InChI=1S/C16H14N2O2S2/c19-12(14-8-10-4-1-2-6-13(10)22-14)9-18-15(20)11-5-3-7-17-16(11)21/h1-8,12,19H,9H2,(H,17,21)(H,18,20). The second-order valence-electron chi connectivity index (χ2n) is 4.83. The van der Waals surface area contributed by atoms with Gasteiger partial charge in [-0.3, -0.25) is 4.79 Å². The number of aromatic amines is 1. The van der Waals surface area contributed by atoms with E-state index in [2.05, 4.69) is 10.3 Å². The highest BCUT2D eigenvalue weighted by molar-refractivity contribution is 7.71. The van der Waals surface area contributed by atoms with E-state index < -0.39 is 6.10 Å². The maximum atomic E-state index is 12.1. The lowest BCUT2D eigenvalue weighted by molar-refractivity contribution is 0.0917. The molecular formula is C16H14N2O2S2. The van der Waals surface area contributed by atoms with Gasteiger partial charge in [-0.15, -0.1) is 11.3 Å². The molecule has 1 atom stereocenters. The van der Waals surface area contributed by atoms with Crippen LogP contribution in [0.4, 0.5) is 0 Å². The average Bonchev–Trinajstić information content (AvgIpc) is 2.97. The zero-order chi connectivity index (χ0) is 15.5. The number of hydrogen-bond acceptors (Lipinski definition) is 4. The molecule has 3 N–H and O–H groups in total. The van der Waals surface area contributed by atoms with Gasteiger partial charge in [-0.1, -0.05) is 30.4 Å². The van der Waals surface area contributed by atoms with Crippen molar-refractivity contribution < 1.29 is 9.90 Å². The van der Waals surface area contributed by atoms with Gasteiger partial charge in [0.1, 0.15) is 10.7 Å². The Morgan fingerprint density at radius 3 is 2.91 bits per heavy atom. The number of aliphatic hydroxyl groups is 1. The third-order valence-corrected chi connectivity index (χ3v) is 4.85. The maximum absolute atomic E-state index is 12.1. The first-order valence-electron chi connectivity index (χ1n) is 6.77. The quantitative estimate of drug-likeness (QED) is 0.642. The van der Waals surface area contributed by atoms with Crippen LogP contribution < -0.4 is 5.32 Å². The Bertz CT molecular complexity index is 836. The van der Waals surface area contributed by atoms with Gasteiger partial charge < -0.3 is 15.4 Å². The lowest BCUT2D eigenvalue weighted by Crippen LogP contribution is -2.28. The molecule has 4 nitrogen and oxygen atoms in total. The van der Waals surface area contributed by atoms with Crippen LogP contribution in [0.25, 0.3) is 10.1 Å². The van der Waals surface area contributed by atoms with Crippen molar-refractivity contribution in [1.82, 2.24) is 10.3 Å². The Hall–Kier alpha value is -2.02. The first kappa shape index (κ1) is 14.9. The number of carbonyl (C=O) groups is 1. The predicted molar refractivity (Wildman–Crippen MR) is 90.7 cm³/mol. The van der Waals surface area contributed by atoms with E-state index in [1.54, 1.807) is 18.3 Å². The van der Waals surface area contributed by atoms with Crippen molar-refractivity contribution >= 4 is 39.5 Å². The molecule has 0 aliphatic rings. The number of nitrogens with one attached hydrogen (secondary N) is 2. The van der Waals surface area contributed by atoms with Gasteiger partial charge in [0.15, 0.2) is 0 Å². The zero-order valence-electron chi connectivity index (χ0n) is 11.6. The molecular weight excluding hydrogens is 316 g/mol. The summed E-state index contributed by atoms with van der Waals surface area (Å²) < 4.78 is 1.50. The minimum atomic E-state index is -0.734. The largest absolute Gasteiger partial charge is 0.386 e. The lowest BCUT2D eigenvalue weighted by atomic mass is 10.2. The van der Waals surface area contributed by atoms with Crippen molar-refractivity contribution in [3.63, 3.8) is 0 Å². The molecule has 1 unspecified atom stereocenters. The fourth-order valence-corrected chi connectivity index (χ4v) is 3.43. The van der Waals surface area contributed by atoms with Crippen molar-refractivity contribution in [2.45, 2.75) is 6.10 Å². The summed E-state index contributed by atoms with van der Waals surface area (Å²) in [6.45, 7) is 0.148. The second-order valence-corrected chi connectivity index (χ2v) is 6.35. The van der Waals surface area contributed by atoms with Crippen LogP contribution in [-0.2, 0) is 0 Å². The highest BCUT2D eigenvalue weighted by atomic mass is 32.1. The number of benzene rings is 1. The summed E-state index contributed by atoms with van der Waals surface area (Å²) in [5, 5.41) is 14.1. The van der Waals surface area contributed by atoms with Crippen LogP contribution in [0.1, 0.15) is 21.3 Å². The number of rotatable bonds is 4. The summed E-state index contributed by atoms with van der Waals surface area (Å²) in [4.78, 5) is 15.7. The first-order valence-corrected chi connectivity index (χ1v) is 8.00. The molecule has 0 saturated heterocycles. The molecule has 0 saturated carbocycles. The van der Waals surface area contributed by atoms with Gasteiger partial charge >= 0.3 is 0 Å². The van der Waals surface area contributed by atoms with E-state index in [1.807, 2.05) is 30.3 Å². The molecule has 0 bridgehead atoms. The van der Waals surface area contributed by atoms with E-state index in [0.717, 1.165) is 15.0 Å². The van der Waals surface area contributed by atoms with Crippen LogP contribution in [-0.4, -0.2) is 22.5 Å². The third kappa shape index (κ3) is 3.09. The van der Waals surface area contributed by atoms with Crippen LogP contribution in [0.5, 0.6) is 0 Å². The second kappa shape index (κ2) is 6.39. The molecule has 1 amide bonds. The van der Waals surface area contributed by atoms with Gasteiger partial charge in [0, 0.05) is 22.3 Å². The van der Waals surface area contributed by atoms with Gasteiger partial charge in [-0.05, 0) is 29.7 Å². The van der Waals surface area contributed by atoms with E-state index in [9.17, 15) is 9.90 Å². The lowest BCUT2D eigenvalue weighted by Gasteiger charge is -2.10. The molecule has 1 aromatic carbocycles. The molecule has 0 fully saturated rings. The van der Waals surface area contributed by atoms with Crippen LogP contribution in [0.15, 0.2) is 48.7 Å². The molecule has 112 valence electrons. The average molecular weight is 330 g/mol. The number of carbonyl (C=O) groups excluding carboxylic acids is 1. The monoisotopic (exact) mass is 330 g/mol. The molecule has 0 aliphatic carbocycles. The summed E-state index contributed by atoms with van der Waals surface area (Å²) in [6, 6.07) is 13.3. The molecule has 3 aromatic rings. The minimum absolute atomic E-state index is 0.148. The SMILES string of the molecule is O=C(NCC(O)c1cc2ccccc2s1)c1ccc[nH]c1=S. The molecule has 6 heteroatoms. The molecule has 3 rings (SSSR count). The normalized spacial score (nSPS) is 12.2. The molecule has 2 heterocycles. The number of thiophene rings is 1. The summed E-state index contributed by atoms with van der Waals surface area (Å²) in [5.74, 6) is -0.290. The number of aromatic nitrogens is 1. The summed E-state index contributed by atoms with van der Waals surface area (Å²) in [7, 11) is 0. The first-order chi connectivity index (χ1) is 10.6. The number of amides is 1. The molecule has 22 heavy (non-hydrogen) atoms. The van der Waals surface area contributed by atoms with E-state index in [0.29, 0.717) is 10.2 Å². The topological polar surface area (TPSA) is 65.1 Å². The number of fused-ring (bicyclic) bond motifs is 1. The molecule has 0 radical (unpaired) electrons. The van der Waals surface area contributed by atoms with Crippen molar-refractivity contribution in [2.75, 3.05) is 6.54 Å². The van der Waals surface area contributed by atoms with Crippen LogP contribution in [0, 0.1) is 4.64 Å². The highest BCUT2D eigenvalue weighted by Crippen LogP contribution is 2.29. The Balaban J connectivity index is 1.69. The van der Waals surface area contributed by atoms with Gasteiger partial charge in [0.05, 0.1) is 5.56 Å². The zero-order valence-corrected chi connectivity index (χ0v) is 13.2. The molecule has 2 aromatic heterocycles. The maximum Gasteiger partial charge on any atom is 0.254 e. The van der Waals surface area contributed by atoms with Crippen molar-refractivity contribution in [3.05, 3.63) is 63.7 Å². The summed E-state index contributed by atoms with van der Waals surface area (Å²) in [6.07, 6.45) is 0.938. The third-order valence-electron chi connectivity index (χ3n) is 3.29. The van der Waals surface area contributed by atoms with Crippen LogP contribution >= 0.6 is 23.6 Å². The van der Waals surface area contributed by atoms with E-state index in [1.165, 1.54) is 11.3 Å². The Labute approximate surface area is 136 Å². The minimum Gasteiger partial charge on any atom is -0.386 e. The van der Waals surface area contributed by atoms with Gasteiger partial charge in [-0.25, -0.2) is 0 Å². The Morgan fingerprint density at radius 1 is 1.32 bits per heavy atom. The van der Waals surface area contributed by atoms with E-state index in [-0.39, 0.29) is 12.5 Å². The molecule has 0 aliphatic heterocycles. The van der Waals surface area contributed by atoms with Gasteiger partial charge in [0.25, 0.3) is 5.91 Å². The number of hydrogen-bond donors (Lipinski definition) is 3. The smallest absolute Gasteiger partial charge is 0.254 e. The van der Waals surface area contributed by atoms with E-state index >= 15 is 0 Å². The Kier molecular flexibility index (Phi) is 4.33. The predicted octanol–water partition coefficient (Wildman–Crippen LogP) is 3.42. The van der Waals surface area contributed by atoms with Crippen LogP contribution in [0.3, 0.4) is 0 Å².